The number of carbonyl (C=O) groups is 2. The highest BCUT2D eigenvalue weighted by atomic mass is 32.1. The molecule has 3 amide bonds. The van der Waals surface area contributed by atoms with Crippen molar-refractivity contribution in [2.24, 2.45) is 0 Å². The minimum absolute atomic E-state index is 0.0682. The van der Waals surface area contributed by atoms with E-state index in [9.17, 15) is 9.59 Å². The molecule has 0 radical (unpaired) electrons. The van der Waals surface area contributed by atoms with Crippen molar-refractivity contribution in [3.05, 3.63) is 82.3 Å². The van der Waals surface area contributed by atoms with Crippen LogP contribution in [0.4, 0.5) is 10.5 Å². The van der Waals surface area contributed by atoms with Gasteiger partial charge in [0.25, 0.3) is 5.91 Å². The second kappa shape index (κ2) is 8.51. The number of hydrogen-bond donors (Lipinski definition) is 1. The highest BCUT2D eigenvalue weighted by molar-refractivity contribution is 7.08. The number of anilines is 1. The summed E-state index contributed by atoms with van der Waals surface area (Å²) in [6.07, 6.45) is 4.60. The van der Waals surface area contributed by atoms with Gasteiger partial charge in [-0.15, -0.1) is 0 Å². The highest BCUT2D eigenvalue weighted by Crippen LogP contribution is 2.30. The average Bonchev–Trinajstić information content (AvgIpc) is 3.46. The van der Waals surface area contributed by atoms with Crippen LogP contribution in [0.5, 0.6) is 0 Å². The molecule has 6 nitrogen and oxygen atoms in total. The molecular formula is C24H24N4O2S. The minimum Gasteiger partial charge on any atom is -0.338 e. The molecular weight excluding hydrogens is 408 g/mol. The number of nitrogens with zero attached hydrogens (tertiary/aromatic N) is 3. The van der Waals surface area contributed by atoms with Crippen LogP contribution in [-0.2, 0) is 0 Å². The molecule has 1 aromatic carbocycles. The van der Waals surface area contributed by atoms with Gasteiger partial charge in [-0.05, 0) is 47.2 Å². The quantitative estimate of drug-likeness (QED) is 0.664. The third kappa shape index (κ3) is 4.18. The maximum atomic E-state index is 12.5. The third-order valence-electron chi connectivity index (χ3n) is 6.20. The van der Waals surface area contributed by atoms with Gasteiger partial charge in [0.05, 0.1) is 5.56 Å². The van der Waals surface area contributed by atoms with E-state index in [4.69, 9.17) is 0 Å². The Kier molecular flexibility index (Phi) is 5.42. The summed E-state index contributed by atoms with van der Waals surface area (Å²) in [7, 11) is 0. The molecule has 1 N–H and O–H groups in total. The Morgan fingerprint density at radius 2 is 1.77 bits per heavy atom. The standard InChI is InChI=1S/C24H24N4O2S/c29-23(20-8-11-31-16-20)27-10-7-19(13-27)17-3-5-22(6-4-17)26-24(30)28-14-21(15-28)18-2-1-9-25-12-18/h1-6,8-9,11-12,16,19,21H,7,10,13-15H2,(H,26,30). The topological polar surface area (TPSA) is 65.5 Å². The fourth-order valence-corrected chi connectivity index (χ4v) is 4.93. The summed E-state index contributed by atoms with van der Waals surface area (Å²) in [6, 6.07) is 13.8. The number of hydrogen-bond acceptors (Lipinski definition) is 4. The molecule has 0 bridgehead atoms. The first-order valence-electron chi connectivity index (χ1n) is 10.5. The van der Waals surface area contributed by atoms with Gasteiger partial charge in [-0.1, -0.05) is 18.2 Å². The summed E-state index contributed by atoms with van der Waals surface area (Å²) >= 11 is 1.55. The van der Waals surface area contributed by atoms with Crippen LogP contribution >= 0.6 is 11.3 Å². The maximum Gasteiger partial charge on any atom is 0.321 e. The Labute approximate surface area is 185 Å². The van der Waals surface area contributed by atoms with Gasteiger partial charge in [0, 0.05) is 61.5 Å². The second-order valence-corrected chi connectivity index (χ2v) is 8.97. The normalized spacial score (nSPS) is 18.6. The summed E-state index contributed by atoms with van der Waals surface area (Å²) in [5.41, 5.74) is 3.96. The van der Waals surface area contributed by atoms with Gasteiger partial charge in [0.15, 0.2) is 0 Å². The van der Waals surface area contributed by atoms with E-state index >= 15 is 0 Å². The van der Waals surface area contributed by atoms with Gasteiger partial charge in [-0.25, -0.2) is 4.79 Å². The Balaban J connectivity index is 1.13. The summed E-state index contributed by atoms with van der Waals surface area (Å²) in [5.74, 6) is 0.818. The molecule has 2 aliphatic heterocycles. The fraction of sp³-hybridized carbons (Fsp3) is 0.292. The van der Waals surface area contributed by atoms with Crippen molar-refractivity contribution in [2.75, 3.05) is 31.5 Å². The Hall–Kier alpha value is -3.19. The van der Waals surface area contributed by atoms with Gasteiger partial charge in [0.2, 0.25) is 0 Å². The van der Waals surface area contributed by atoms with E-state index < -0.39 is 0 Å². The summed E-state index contributed by atoms with van der Waals surface area (Å²) < 4.78 is 0. The molecule has 3 aromatic rings. The van der Waals surface area contributed by atoms with Gasteiger partial charge < -0.3 is 15.1 Å². The van der Waals surface area contributed by atoms with Gasteiger partial charge in [-0.3, -0.25) is 9.78 Å². The molecule has 31 heavy (non-hydrogen) atoms. The van der Waals surface area contributed by atoms with Crippen molar-refractivity contribution < 1.29 is 9.59 Å². The second-order valence-electron chi connectivity index (χ2n) is 8.19. The lowest BCUT2D eigenvalue weighted by Gasteiger charge is -2.39. The van der Waals surface area contributed by atoms with Gasteiger partial charge in [0.1, 0.15) is 0 Å². The molecule has 2 saturated heterocycles. The number of amides is 3. The molecule has 1 atom stereocenters. The zero-order chi connectivity index (χ0) is 21.2. The van der Waals surface area contributed by atoms with E-state index in [2.05, 4.69) is 28.5 Å². The fourth-order valence-electron chi connectivity index (χ4n) is 4.30. The number of benzene rings is 1. The van der Waals surface area contributed by atoms with Crippen LogP contribution in [0.3, 0.4) is 0 Å². The van der Waals surface area contributed by atoms with Crippen LogP contribution in [-0.4, -0.2) is 52.9 Å². The number of likely N-dealkylation sites (tertiary alicyclic amines) is 2. The monoisotopic (exact) mass is 432 g/mol. The first-order valence-corrected chi connectivity index (χ1v) is 11.5. The molecule has 2 aromatic heterocycles. The minimum atomic E-state index is -0.0682. The SMILES string of the molecule is O=C(Nc1ccc(C2CCN(C(=O)c3ccsc3)C2)cc1)N1CC(c2cccnc2)C1. The van der Waals surface area contributed by atoms with E-state index in [1.54, 1.807) is 17.5 Å². The molecule has 2 aliphatic rings. The number of thiophene rings is 1. The van der Waals surface area contributed by atoms with Gasteiger partial charge >= 0.3 is 6.03 Å². The number of pyridine rings is 1. The van der Waals surface area contributed by atoms with Crippen molar-refractivity contribution in [1.29, 1.82) is 0 Å². The lowest BCUT2D eigenvalue weighted by atomic mass is 9.93. The van der Waals surface area contributed by atoms with Crippen LogP contribution in [0.1, 0.15) is 39.7 Å². The first-order chi connectivity index (χ1) is 15.2. The first kappa shape index (κ1) is 19.8. The average molecular weight is 433 g/mol. The van der Waals surface area contributed by atoms with E-state index in [1.807, 2.05) is 51.0 Å². The Morgan fingerprint density at radius 3 is 2.48 bits per heavy atom. The predicted octanol–water partition coefficient (Wildman–Crippen LogP) is 4.40. The van der Waals surface area contributed by atoms with Crippen LogP contribution in [0.2, 0.25) is 0 Å². The number of urea groups is 1. The highest BCUT2D eigenvalue weighted by Gasteiger charge is 2.32. The zero-order valence-corrected chi connectivity index (χ0v) is 17.9. The molecule has 0 aliphatic carbocycles. The van der Waals surface area contributed by atoms with Crippen LogP contribution in [0.15, 0.2) is 65.6 Å². The van der Waals surface area contributed by atoms with Crippen molar-refractivity contribution in [3.8, 4) is 0 Å². The van der Waals surface area contributed by atoms with Crippen LogP contribution < -0.4 is 5.32 Å². The van der Waals surface area contributed by atoms with Crippen molar-refractivity contribution in [2.45, 2.75) is 18.3 Å². The summed E-state index contributed by atoms with van der Waals surface area (Å²) in [6.45, 7) is 2.95. The van der Waals surface area contributed by atoms with Gasteiger partial charge in [-0.2, -0.15) is 11.3 Å². The lowest BCUT2D eigenvalue weighted by molar-refractivity contribution is 0.0791. The smallest absolute Gasteiger partial charge is 0.321 e. The van der Waals surface area contributed by atoms with Crippen molar-refractivity contribution in [3.63, 3.8) is 0 Å². The molecule has 2 fully saturated rings. The molecule has 5 rings (SSSR count). The predicted molar refractivity (Wildman–Crippen MR) is 122 cm³/mol. The Morgan fingerprint density at radius 1 is 0.968 bits per heavy atom. The maximum absolute atomic E-state index is 12.5. The molecule has 0 spiro atoms. The number of nitrogens with one attached hydrogen (secondary N) is 1. The van der Waals surface area contributed by atoms with Crippen molar-refractivity contribution >= 4 is 29.0 Å². The van der Waals surface area contributed by atoms with Crippen LogP contribution in [0, 0.1) is 0 Å². The number of aromatic nitrogens is 1. The van der Waals surface area contributed by atoms with Crippen LogP contribution in [0.25, 0.3) is 0 Å². The van der Waals surface area contributed by atoms with E-state index in [1.165, 1.54) is 11.1 Å². The van der Waals surface area contributed by atoms with E-state index in [-0.39, 0.29) is 11.9 Å². The molecule has 7 heteroatoms. The third-order valence-corrected chi connectivity index (χ3v) is 6.88. The molecule has 158 valence electrons. The Bertz CT molecular complexity index is 1050. The zero-order valence-electron chi connectivity index (χ0n) is 17.1. The van der Waals surface area contributed by atoms with E-state index in [0.29, 0.717) is 24.9 Å². The van der Waals surface area contributed by atoms with E-state index in [0.717, 1.165) is 30.8 Å². The van der Waals surface area contributed by atoms with Crippen molar-refractivity contribution in [1.82, 2.24) is 14.8 Å². The number of rotatable bonds is 4. The molecule has 0 saturated carbocycles. The summed E-state index contributed by atoms with van der Waals surface area (Å²) in [4.78, 5) is 33.0. The molecule has 4 heterocycles. The number of carbonyl (C=O) groups excluding carboxylic acids is 2. The summed E-state index contributed by atoms with van der Waals surface area (Å²) in [5, 5.41) is 6.83. The lowest BCUT2D eigenvalue weighted by Crippen LogP contribution is -2.50. The molecule has 1 unspecified atom stereocenters. The largest absolute Gasteiger partial charge is 0.338 e.